The zero-order valence-electron chi connectivity index (χ0n) is 17.8. The average Bonchev–Trinajstić information content (AvgIpc) is 3.12. The molecule has 0 aliphatic carbocycles. The van der Waals surface area contributed by atoms with Gasteiger partial charge in [-0.05, 0) is 57.4 Å². The molecule has 3 rings (SSSR count). The second-order valence-corrected chi connectivity index (χ2v) is 8.15. The van der Waals surface area contributed by atoms with Crippen molar-refractivity contribution in [3.63, 3.8) is 0 Å². The monoisotopic (exact) mass is 413 g/mol. The molecule has 1 aromatic carbocycles. The summed E-state index contributed by atoms with van der Waals surface area (Å²) in [6.45, 7) is 8.49. The quantitative estimate of drug-likeness (QED) is 0.697. The van der Waals surface area contributed by atoms with Gasteiger partial charge in [-0.25, -0.2) is 0 Å². The summed E-state index contributed by atoms with van der Waals surface area (Å²) in [4.78, 5) is 40.6. The second kappa shape index (κ2) is 9.78. The van der Waals surface area contributed by atoms with Crippen LogP contribution in [-0.4, -0.2) is 54.4 Å². The molecule has 2 aliphatic heterocycles. The molecular weight excluding hydrogens is 382 g/mol. The van der Waals surface area contributed by atoms with Crippen LogP contribution in [0.25, 0.3) is 0 Å². The predicted octanol–water partition coefficient (Wildman–Crippen LogP) is 2.51. The number of carbonyl (C=O) groups excluding carboxylic acids is 3. The number of amides is 3. The number of likely N-dealkylation sites (tertiary alicyclic amines) is 1. The molecule has 2 saturated heterocycles. The number of rotatable bonds is 7. The van der Waals surface area contributed by atoms with Crippen molar-refractivity contribution < 1.29 is 19.1 Å². The number of hydrogen-bond donors (Lipinski definition) is 1. The highest BCUT2D eigenvalue weighted by molar-refractivity contribution is 6.00. The van der Waals surface area contributed by atoms with Gasteiger partial charge < -0.3 is 19.9 Å². The van der Waals surface area contributed by atoms with Gasteiger partial charge >= 0.3 is 0 Å². The molecule has 1 N–H and O–H groups in total. The summed E-state index contributed by atoms with van der Waals surface area (Å²) in [7, 11) is 0. The summed E-state index contributed by atoms with van der Waals surface area (Å²) in [5.41, 5.74) is 0.718. The standard InChI is InChI=1S/C23H31N3O4/c1-4-12-24-23(29)18-13-21(27)25(14-18)19-8-10-20(11-9-19)30-15-22(28)26-16(2)6-5-7-17(26)3/h4,8-11,16-18H,1,5-7,12-15H2,2-3H3,(H,24,29)/t16-,17-,18+/m0/s1. The molecule has 162 valence electrons. The number of nitrogens with zero attached hydrogens (tertiary/aromatic N) is 2. The lowest BCUT2D eigenvalue weighted by Crippen LogP contribution is -2.49. The number of benzene rings is 1. The van der Waals surface area contributed by atoms with Gasteiger partial charge in [0.15, 0.2) is 6.61 Å². The Morgan fingerprint density at radius 3 is 2.50 bits per heavy atom. The highest BCUT2D eigenvalue weighted by atomic mass is 16.5. The van der Waals surface area contributed by atoms with Crippen LogP contribution in [-0.2, 0) is 14.4 Å². The lowest BCUT2D eigenvalue weighted by Gasteiger charge is -2.38. The fourth-order valence-corrected chi connectivity index (χ4v) is 4.30. The van der Waals surface area contributed by atoms with Crippen molar-refractivity contribution in [2.75, 3.05) is 24.6 Å². The van der Waals surface area contributed by atoms with Crippen LogP contribution in [0.15, 0.2) is 36.9 Å². The Kier molecular flexibility index (Phi) is 7.13. The Morgan fingerprint density at radius 1 is 1.20 bits per heavy atom. The Balaban J connectivity index is 1.55. The topological polar surface area (TPSA) is 79.0 Å². The number of piperidine rings is 1. The summed E-state index contributed by atoms with van der Waals surface area (Å²) in [5.74, 6) is 0.00814. The van der Waals surface area contributed by atoms with E-state index in [1.54, 1.807) is 35.2 Å². The van der Waals surface area contributed by atoms with Crippen LogP contribution in [0.2, 0.25) is 0 Å². The molecule has 30 heavy (non-hydrogen) atoms. The van der Waals surface area contributed by atoms with Crippen molar-refractivity contribution in [1.29, 1.82) is 0 Å². The molecular formula is C23H31N3O4. The maximum absolute atomic E-state index is 12.6. The van der Waals surface area contributed by atoms with Crippen molar-refractivity contribution in [2.24, 2.45) is 5.92 Å². The van der Waals surface area contributed by atoms with Gasteiger partial charge in [0.25, 0.3) is 5.91 Å². The lowest BCUT2D eigenvalue weighted by molar-refractivity contribution is -0.139. The van der Waals surface area contributed by atoms with Gasteiger partial charge in [-0.1, -0.05) is 6.08 Å². The van der Waals surface area contributed by atoms with E-state index >= 15 is 0 Å². The summed E-state index contributed by atoms with van der Waals surface area (Å²) >= 11 is 0. The van der Waals surface area contributed by atoms with E-state index in [2.05, 4.69) is 25.7 Å². The first kappa shape index (κ1) is 21.9. The molecule has 0 spiro atoms. The Hall–Kier alpha value is -2.83. The Morgan fingerprint density at radius 2 is 1.87 bits per heavy atom. The van der Waals surface area contributed by atoms with E-state index in [-0.39, 0.29) is 48.8 Å². The molecule has 2 fully saturated rings. The van der Waals surface area contributed by atoms with E-state index in [0.717, 1.165) is 24.9 Å². The lowest BCUT2D eigenvalue weighted by atomic mass is 9.97. The van der Waals surface area contributed by atoms with E-state index in [1.807, 2.05) is 4.90 Å². The van der Waals surface area contributed by atoms with E-state index in [1.165, 1.54) is 0 Å². The highest BCUT2D eigenvalue weighted by Gasteiger charge is 2.35. The fraction of sp³-hybridized carbons (Fsp3) is 0.522. The second-order valence-electron chi connectivity index (χ2n) is 8.15. The summed E-state index contributed by atoms with van der Waals surface area (Å²) in [5, 5.41) is 2.74. The Bertz CT molecular complexity index is 782. The van der Waals surface area contributed by atoms with Crippen LogP contribution in [0.5, 0.6) is 5.75 Å². The third-order valence-corrected chi connectivity index (χ3v) is 5.91. The third-order valence-electron chi connectivity index (χ3n) is 5.91. The van der Waals surface area contributed by atoms with E-state index in [4.69, 9.17) is 4.74 Å². The van der Waals surface area contributed by atoms with Crippen molar-refractivity contribution in [3.05, 3.63) is 36.9 Å². The van der Waals surface area contributed by atoms with Gasteiger partial charge in [0, 0.05) is 37.3 Å². The SMILES string of the molecule is C=CCNC(=O)[C@@H]1CC(=O)N(c2ccc(OCC(=O)N3[C@@H](C)CCC[C@@H]3C)cc2)C1. The normalized spacial score (nSPS) is 23.9. The third kappa shape index (κ3) is 5.01. The number of anilines is 1. The highest BCUT2D eigenvalue weighted by Crippen LogP contribution is 2.27. The Labute approximate surface area is 178 Å². The molecule has 0 bridgehead atoms. The largest absolute Gasteiger partial charge is 0.484 e. The van der Waals surface area contributed by atoms with Crippen LogP contribution in [0.3, 0.4) is 0 Å². The van der Waals surface area contributed by atoms with Crippen LogP contribution >= 0.6 is 0 Å². The number of hydrogen-bond acceptors (Lipinski definition) is 4. The van der Waals surface area contributed by atoms with Crippen LogP contribution in [0, 0.1) is 5.92 Å². The predicted molar refractivity (Wildman–Crippen MR) is 115 cm³/mol. The molecule has 2 aliphatic rings. The van der Waals surface area contributed by atoms with Crippen LogP contribution in [0.1, 0.15) is 39.5 Å². The van der Waals surface area contributed by atoms with Gasteiger partial charge in [0.05, 0.1) is 5.92 Å². The van der Waals surface area contributed by atoms with E-state index < -0.39 is 0 Å². The number of nitrogens with one attached hydrogen (secondary N) is 1. The van der Waals surface area contributed by atoms with Crippen molar-refractivity contribution in [3.8, 4) is 5.75 Å². The first-order valence-corrected chi connectivity index (χ1v) is 10.6. The van der Waals surface area contributed by atoms with Gasteiger partial charge in [-0.15, -0.1) is 6.58 Å². The zero-order valence-corrected chi connectivity index (χ0v) is 17.8. The molecule has 0 radical (unpaired) electrons. The summed E-state index contributed by atoms with van der Waals surface area (Å²) in [6.07, 6.45) is 5.02. The molecule has 0 unspecified atom stereocenters. The minimum Gasteiger partial charge on any atom is -0.484 e. The molecule has 2 heterocycles. The molecule has 0 saturated carbocycles. The molecule has 0 aromatic heterocycles. The fourth-order valence-electron chi connectivity index (χ4n) is 4.30. The molecule has 3 amide bonds. The average molecular weight is 414 g/mol. The molecule has 7 heteroatoms. The minimum atomic E-state index is -0.362. The van der Waals surface area contributed by atoms with Crippen LogP contribution in [0.4, 0.5) is 5.69 Å². The number of carbonyl (C=O) groups is 3. The first-order valence-electron chi connectivity index (χ1n) is 10.6. The van der Waals surface area contributed by atoms with Crippen LogP contribution < -0.4 is 15.0 Å². The van der Waals surface area contributed by atoms with Crippen molar-refractivity contribution >= 4 is 23.4 Å². The number of ether oxygens (including phenoxy) is 1. The van der Waals surface area contributed by atoms with Gasteiger partial charge in [0.1, 0.15) is 5.75 Å². The van der Waals surface area contributed by atoms with Gasteiger partial charge in [-0.3, -0.25) is 14.4 Å². The van der Waals surface area contributed by atoms with Crippen molar-refractivity contribution in [1.82, 2.24) is 10.2 Å². The smallest absolute Gasteiger partial charge is 0.260 e. The summed E-state index contributed by atoms with van der Waals surface area (Å²) < 4.78 is 5.70. The maximum atomic E-state index is 12.6. The first-order chi connectivity index (χ1) is 14.4. The molecule has 3 atom stereocenters. The molecule has 7 nitrogen and oxygen atoms in total. The van der Waals surface area contributed by atoms with E-state index in [0.29, 0.717) is 18.8 Å². The van der Waals surface area contributed by atoms with Gasteiger partial charge in [0.2, 0.25) is 11.8 Å². The van der Waals surface area contributed by atoms with E-state index in [9.17, 15) is 14.4 Å². The zero-order chi connectivity index (χ0) is 21.7. The summed E-state index contributed by atoms with van der Waals surface area (Å²) in [6, 6.07) is 7.56. The van der Waals surface area contributed by atoms with Gasteiger partial charge in [-0.2, -0.15) is 0 Å². The minimum absolute atomic E-state index is 0.00174. The molecule has 1 aromatic rings. The van der Waals surface area contributed by atoms with Crippen molar-refractivity contribution in [2.45, 2.75) is 51.6 Å². The maximum Gasteiger partial charge on any atom is 0.260 e.